The molecule has 1 saturated carbocycles. The molecule has 1 aliphatic carbocycles. The first-order valence-electron chi connectivity index (χ1n) is 11.4. The molecule has 3 rings (SSSR count). The molecule has 6 nitrogen and oxygen atoms in total. The quantitative estimate of drug-likeness (QED) is 0.571. The van der Waals surface area contributed by atoms with E-state index in [0.29, 0.717) is 24.1 Å². The number of aromatic nitrogens is 2. The highest BCUT2D eigenvalue weighted by molar-refractivity contribution is 5.94. The Balaban J connectivity index is 1.49. The van der Waals surface area contributed by atoms with Gasteiger partial charge in [0.1, 0.15) is 0 Å². The SMILES string of the molecule is CCN(CC)CCCNC(=O)c1ccc(-c2cnc(NC3CCCCC3)nc2)cc1. The predicted octanol–water partition coefficient (Wildman–Crippen LogP) is 4.35. The number of rotatable bonds is 10. The molecule has 1 heterocycles. The van der Waals surface area contributed by atoms with E-state index in [9.17, 15) is 4.79 Å². The smallest absolute Gasteiger partial charge is 0.251 e. The Morgan fingerprint density at radius 1 is 1.00 bits per heavy atom. The summed E-state index contributed by atoms with van der Waals surface area (Å²) in [7, 11) is 0. The summed E-state index contributed by atoms with van der Waals surface area (Å²) in [5.74, 6) is 0.677. The van der Waals surface area contributed by atoms with Crippen molar-refractivity contribution >= 4 is 11.9 Å². The highest BCUT2D eigenvalue weighted by Gasteiger charge is 2.14. The Kier molecular flexibility index (Phi) is 8.63. The zero-order valence-electron chi connectivity index (χ0n) is 18.4. The third-order valence-corrected chi connectivity index (χ3v) is 5.90. The van der Waals surface area contributed by atoms with E-state index < -0.39 is 0 Å². The minimum absolute atomic E-state index is 0.0237. The molecule has 0 aliphatic heterocycles. The van der Waals surface area contributed by atoms with Gasteiger partial charge in [-0.3, -0.25) is 4.79 Å². The van der Waals surface area contributed by atoms with Gasteiger partial charge in [0.05, 0.1) is 0 Å². The number of nitrogens with zero attached hydrogens (tertiary/aromatic N) is 3. The van der Waals surface area contributed by atoms with Crippen LogP contribution in [0.1, 0.15) is 62.7 Å². The van der Waals surface area contributed by atoms with Gasteiger partial charge in [0.2, 0.25) is 5.95 Å². The lowest BCUT2D eigenvalue weighted by atomic mass is 9.96. The van der Waals surface area contributed by atoms with Crippen molar-refractivity contribution in [3.63, 3.8) is 0 Å². The Morgan fingerprint density at radius 3 is 2.30 bits per heavy atom. The summed E-state index contributed by atoms with van der Waals surface area (Å²) in [6, 6.07) is 8.14. The first-order chi connectivity index (χ1) is 14.7. The molecule has 1 aliphatic rings. The van der Waals surface area contributed by atoms with Crippen molar-refractivity contribution in [2.45, 2.75) is 58.4 Å². The van der Waals surface area contributed by atoms with Crippen molar-refractivity contribution in [1.82, 2.24) is 20.2 Å². The van der Waals surface area contributed by atoms with E-state index in [0.717, 1.165) is 37.2 Å². The van der Waals surface area contributed by atoms with Crippen LogP contribution < -0.4 is 10.6 Å². The molecule has 0 radical (unpaired) electrons. The van der Waals surface area contributed by atoms with Crippen LogP contribution in [0.3, 0.4) is 0 Å². The van der Waals surface area contributed by atoms with Crippen LogP contribution in [0.15, 0.2) is 36.7 Å². The summed E-state index contributed by atoms with van der Waals surface area (Å²) in [5.41, 5.74) is 2.64. The van der Waals surface area contributed by atoms with E-state index >= 15 is 0 Å². The summed E-state index contributed by atoms with van der Waals surface area (Å²) < 4.78 is 0. The normalized spacial score (nSPS) is 14.6. The summed E-state index contributed by atoms with van der Waals surface area (Å²) in [4.78, 5) is 23.7. The summed E-state index contributed by atoms with van der Waals surface area (Å²) in [6.07, 6.45) is 11.0. The molecule has 0 bridgehead atoms. The molecule has 0 spiro atoms. The van der Waals surface area contributed by atoms with Crippen molar-refractivity contribution in [1.29, 1.82) is 0 Å². The molecular formula is C24H35N5O. The summed E-state index contributed by atoms with van der Waals surface area (Å²) in [6.45, 7) is 8.13. The molecule has 30 heavy (non-hydrogen) atoms. The van der Waals surface area contributed by atoms with Crippen LogP contribution in [0.5, 0.6) is 0 Å². The van der Waals surface area contributed by atoms with Gasteiger partial charge in [-0.05, 0) is 56.6 Å². The van der Waals surface area contributed by atoms with E-state index in [4.69, 9.17) is 0 Å². The maximum Gasteiger partial charge on any atom is 0.251 e. The van der Waals surface area contributed by atoms with E-state index in [1.807, 2.05) is 36.7 Å². The van der Waals surface area contributed by atoms with E-state index in [-0.39, 0.29) is 5.91 Å². The number of carbonyl (C=O) groups is 1. The average Bonchev–Trinajstić information content (AvgIpc) is 2.80. The fourth-order valence-corrected chi connectivity index (χ4v) is 3.94. The first kappa shape index (κ1) is 22.2. The molecule has 2 aromatic rings. The molecule has 1 aromatic heterocycles. The number of anilines is 1. The van der Waals surface area contributed by atoms with Gasteiger partial charge in [0, 0.05) is 36.1 Å². The highest BCUT2D eigenvalue weighted by atomic mass is 16.1. The van der Waals surface area contributed by atoms with E-state index in [2.05, 4.69) is 39.3 Å². The Morgan fingerprint density at radius 2 is 1.67 bits per heavy atom. The third-order valence-electron chi connectivity index (χ3n) is 5.90. The summed E-state index contributed by atoms with van der Waals surface area (Å²) in [5, 5.41) is 6.45. The topological polar surface area (TPSA) is 70.2 Å². The number of nitrogens with one attached hydrogen (secondary N) is 2. The van der Waals surface area contributed by atoms with Crippen molar-refractivity contribution in [3.05, 3.63) is 42.2 Å². The van der Waals surface area contributed by atoms with Crippen LogP contribution in [0.25, 0.3) is 11.1 Å². The maximum absolute atomic E-state index is 12.4. The molecule has 162 valence electrons. The van der Waals surface area contributed by atoms with Crippen LogP contribution in [-0.2, 0) is 0 Å². The molecule has 0 atom stereocenters. The van der Waals surface area contributed by atoms with Crippen LogP contribution in [0.4, 0.5) is 5.95 Å². The third kappa shape index (κ3) is 6.52. The molecule has 1 aromatic carbocycles. The molecule has 0 unspecified atom stereocenters. The lowest BCUT2D eigenvalue weighted by Gasteiger charge is -2.22. The second-order valence-electron chi connectivity index (χ2n) is 7.99. The molecular weight excluding hydrogens is 374 g/mol. The number of carbonyl (C=O) groups excluding carboxylic acids is 1. The van der Waals surface area contributed by atoms with E-state index in [1.54, 1.807) is 0 Å². The van der Waals surface area contributed by atoms with Crippen molar-refractivity contribution < 1.29 is 4.79 Å². The average molecular weight is 410 g/mol. The molecule has 6 heteroatoms. The first-order valence-corrected chi connectivity index (χ1v) is 11.4. The van der Waals surface area contributed by atoms with Crippen LogP contribution in [0.2, 0.25) is 0 Å². The van der Waals surface area contributed by atoms with Crippen molar-refractivity contribution in [2.24, 2.45) is 0 Å². The zero-order valence-corrected chi connectivity index (χ0v) is 18.4. The minimum Gasteiger partial charge on any atom is -0.352 e. The minimum atomic E-state index is -0.0237. The standard InChI is InChI=1S/C24H35N5O/c1-3-29(4-2)16-8-15-25-23(30)20-13-11-19(12-14-20)21-17-26-24(27-18-21)28-22-9-6-5-7-10-22/h11-14,17-18,22H,3-10,15-16H2,1-2H3,(H,25,30)(H,26,27,28). The van der Waals surface area contributed by atoms with E-state index in [1.165, 1.54) is 32.1 Å². The van der Waals surface area contributed by atoms with Gasteiger partial charge in [-0.25, -0.2) is 9.97 Å². The Bertz CT molecular complexity index is 765. The molecule has 1 fully saturated rings. The van der Waals surface area contributed by atoms with Crippen molar-refractivity contribution in [3.8, 4) is 11.1 Å². The van der Waals surface area contributed by atoms with Gasteiger partial charge in [-0.15, -0.1) is 0 Å². The van der Waals surface area contributed by atoms with Gasteiger partial charge >= 0.3 is 0 Å². The van der Waals surface area contributed by atoms with Gasteiger partial charge in [0.15, 0.2) is 0 Å². The van der Waals surface area contributed by atoms with Crippen LogP contribution >= 0.6 is 0 Å². The predicted molar refractivity (Wildman–Crippen MR) is 123 cm³/mol. The largest absolute Gasteiger partial charge is 0.352 e. The number of hydrogen-bond donors (Lipinski definition) is 2. The lowest BCUT2D eigenvalue weighted by Crippen LogP contribution is -2.29. The molecule has 1 amide bonds. The molecule has 2 N–H and O–H groups in total. The van der Waals surface area contributed by atoms with Gasteiger partial charge in [-0.1, -0.05) is 45.2 Å². The molecule has 0 saturated heterocycles. The lowest BCUT2D eigenvalue weighted by molar-refractivity contribution is 0.0952. The second kappa shape index (κ2) is 11.6. The van der Waals surface area contributed by atoms with Crippen LogP contribution in [-0.4, -0.2) is 53.0 Å². The second-order valence-corrected chi connectivity index (χ2v) is 7.99. The number of amides is 1. The fraction of sp³-hybridized carbons (Fsp3) is 0.542. The maximum atomic E-state index is 12.4. The Labute approximate surface area is 180 Å². The number of benzene rings is 1. The van der Waals surface area contributed by atoms with Crippen LogP contribution in [0, 0.1) is 0 Å². The van der Waals surface area contributed by atoms with Gasteiger partial charge in [-0.2, -0.15) is 0 Å². The zero-order chi connectivity index (χ0) is 21.2. The monoisotopic (exact) mass is 409 g/mol. The summed E-state index contributed by atoms with van der Waals surface area (Å²) >= 11 is 0. The Hall–Kier alpha value is -2.47. The highest BCUT2D eigenvalue weighted by Crippen LogP contribution is 2.22. The van der Waals surface area contributed by atoms with Gasteiger partial charge in [0.25, 0.3) is 5.91 Å². The number of hydrogen-bond acceptors (Lipinski definition) is 5. The van der Waals surface area contributed by atoms with Crippen molar-refractivity contribution in [2.75, 3.05) is 31.5 Å². The fourth-order valence-electron chi connectivity index (χ4n) is 3.94. The van der Waals surface area contributed by atoms with Gasteiger partial charge < -0.3 is 15.5 Å².